The summed E-state index contributed by atoms with van der Waals surface area (Å²) >= 11 is 1.21. The molecule has 0 aliphatic carbocycles. The molecule has 2 heterocycles. The molecule has 182 valence electrons. The van der Waals surface area contributed by atoms with Crippen LogP contribution in [0.4, 0.5) is 4.39 Å². The van der Waals surface area contributed by atoms with Crippen molar-refractivity contribution >= 4 is 23.4 Å². The van der Waals surface area contributed by atoms with Crippen LogP contribution in [0, 0.1) is 5.82 Å². The van der Waals surface area contributed by atoms with Crippen molar-refractivity contribution in [3.63, 3.8) is 0 Å². The normalized spacial score (nSPS) is 15.5. The SMILES string of the molecule is CCOC(=O)C1=C(C)N=c2s/c(=C\c3ccc(OCC)c(OC)c3)c(=O)n2[C@H]1c1ccc(F)cc1. The van der Waals surface area contributed by atoms with Gasteiger partial charge >= 0.3 is 5.97 Å². The number of esters is 1. The Morgan fingerprint density at radius 3 is 2.54 bits per heavy atom. The highest BCUT2D eigenvalue weighted by Gasteiger charge is 2.33. The van der Waals surface area contributed by atoms with Gasteiger partial charge in [-0.25, -0.2) is 14.2 Å². The molecule has 7 nitrogen and oxygen atoms in total. The Kier molecular flexibility index (Phi) is 7.16. The third-order valence-corrected chi connectivity index (χ3v) is 6.47. The van der Waals surface area contributed by atoms with Gasteiger partial charge in [-0.3, -0.25) is 9.36 Å². The molecule has 9 heteroatoms. The topological polar surface area (TPSA) is 79.1 Å². The molecule has 0 radical (unpaired) electrons. The Balaban J connectivity index is 1.90. The zero-order chi connectivity index (χ0) is 25.1. The van der Waals surface area contributed by atoms with Crippen molar-refractivity contribution in [1.82, 2.24) is 4.57 Å². The molecular weight excluding hydrogens is 471 g/mol. The Morgan fingerprint density at radius 1 is 1.14 bits per heavy atom. The van der Waals surface area contributed by atoms with Gasteiger partial charge < -0.3 is 14.2 Å². The van der Waals surface area contributed by atoms with Gasteiger partial charge in [0.05, 0.1) is 42.2 Å². The van der Waals surface area contributed by atoms with Gasteiger partial charge in [0.1, 0.15) is 5.82 Å². The summed E-state index contributed by atoms with van der Waals surface area (Å²) < 4.78 is 31.8. The Bertz CT molecular complexity index is 1470. The van der Waals surface area contributed by atoms with Crippen molar-refractivity contribution in [1.29, 1.82) is 0 Å². The molecule has 1 aliphatic rings. The van der Waals surface area contributed by atoms with E-state index < -0.39 is 17.8 Å². The van der Waals surface area contributed by atoms with Crippen molar-refractivity contribution in [2.75, 3.05) is 20.3 Å². The first-order chi connectivity index (χ1) is 16.9. The fourth-order valence-corrected chi connectivity index (χ4v) is 5.00. The summed E-state index contributed by atoms with van der Waals surface area (Å²) in [5, 5.41) is 0. The molecule has 1 atom stereocenters. The summed E-state index contributed by atoms with van der Waals surface area (Å²) in [4.78, 5) is 31.5. The van der Waals surface area contributed by atoms with Crippen LogP contribution < -0.4 is 24.4 Å². The number of nitrogens with zero attached hydrogens (tertiary/aromatic N) is 2. The summed E-state index contributed by atoms with van der Waals surface area (Å²) in [5.74, 6) is 0.190. The number of thiazole rings is 1. The van der Waals surface area contributed by atoms with Gasteiger partial charge in [0.25, 0.3) is 5.56 Å². The van der Waals surface area contributed by atoms with E-state index in [1.807, 2.05) is 13.0 Å². The number of hydrogen-bond acceptors (Lipinski definition) is 7. The standard InChI is InChI=1S/C26H25FN2O5S/c1-5-33-19-12-7-16(13-20(19)32-4)14-21-24(30)29-23(17-8-10-18(27)11-9-17)22(25(31)34-6-2)15(3)28-26(29)35-21/h7-14,23H,5-6H2,1-4H3/b21-14-/t23-/m0/s1. The van der Waals surface area contributed by atoms with Crippen LogP contribution in [-0.2, 0) is 9.53 Å². The van der Waals surface area contributed by atoms with E-state index in [0.29, 0.717) is 38.7 Å². The van der Waals surface area contributed by atoms with Crippen LogP contribution in [0.15, 0.2) is 63.5 Å². The smallest absolute Gasteiger partial charge is 0.338 e. The Hall–Kier alpha value is -3.72. The molecule has 35 heavy (non-hydrogen) atoms. The molecule has 0 bridgehead atoms. The van der Waals surface area contributed by atoms with E-state index in [-0.39, 0.29) is 17.7 Å². The lowest BCUT2D eigenvalue weighted by Crippen LogP contribution is -2.39. The second-order valence-electron chi connectivity index (χ2n) is 7.70. The lowest BCUT2D eigenvalue weighted by molar-refractivity contribution is -0.139. The van der Waals surface area contributed by atoms with E-state index in [9.17, 15) is 14.0 Å². The second kappa shape index (κ2) is 10.3. The molecule has 4 rings (SSSR count). The molecule has 1 aliphatic heterocycles. The number of methoxy groups -OCH3 is 1. The van der Waals surface area contributed by atoms with Crippen molar-refractivity contribution in [2.24, 2.45) is 4.99 Å². The molecule has 0 saturated heterocycles. The van der Waals surface area contributed by atoms with Crippen LogP contribution in [0.25, 0.3) is 6.08 Å². The van der Waals surface area contributed by atoms with E-state index >= 15 is 0 Å². The van der Waals surface area contributed by atoms with E-state index in [0.717, 1.165) is 5.56 Å². The van der Waals surface area contributed by atoms with Gasteiger partial charge in [-0.15, -0.1) is 0 Å². The number of fused-ring (bicyclic) bond motifs is 1. The maximum absolute atomic E-state index is 13.7. The van der Waals surface area contributed by atoms with E-state index in [1.54, 1.807) is 51.3 Å². The highest BCUT2D eigenvalue weighted by Crippen LogP contribution is 2.31. The van der Waals surface area contributed by atoms with Crippen LogP contribution >= 0.6 is 11.3 Å². The first-order valence-corrected chi connectivity index (χ1v) is 12.0. The number of hydrogen-bond donors (Lipinski definition) is 0. The van der Waals surface area contributed by atoms with Gasteiger partial charge in [0.2, 0.25) is 0 Å². The first kappa shape index (κ1) is 24.4. The summed E-state index contributed by atoms with van der Waals surface area (Å²) in [7, 11) is 1.55. The fraction of sp³-hybridized carbons (Fsp3) is 0.269. The monoisotopic (exact) mass is 496 g/mol. The lowest BCUT2D eigenvalue weighted by atomic mass is 9.96. The van der Waals surface area contributed by atoms with Crippen molar-refractivity contribution < 1.29 is 23.4 Å². The minimum Gasteiger partial charge on any atom is -0.493 e. The van der Waals surface area contributed by atoms with Crippen molar-refractivity contribution in [3.8, 4) is 11.5 Å². The number of halogens is 1. The quantitative estimate of drug-likeness (QED) is 0.469. The fourth-order valence-electron chi connectivity index (χ4n) is 3.95. The van der Waals surface area contributed by atoms with E-state index in [4.69, 9.17) is 14.2 Å². The number of allylic oxidation sites excluding steroid dienone is 1. The van der Waals surface area contributed by atoms with Gasteiger partial charge in [0, 0.05) is 0 Å². The van der Waals surface area contributed by atoms with Crippen LogP contribution in [0.2, 0.25) is 0 Å². The van der Waals surface area contributed by atoms with Crippen molar-refractivity contribution in [3.05, 3.63) is 90.4 Å². The number of rotatable bonds is 7. The zero-order valence-corrected chi connectivity index (χ0v) is 20.6. The largest absolute Gasteiger partial charge is 0.493 e. The molecule has 0 fully saturated rings. The number of aromatic nitrogens is 1. The van der Waals surface area contributed by atoms with Gasteiger partial charge in [-0.05, 0) is 62.2 Å². The summed E-state index contributed by atoms with van der Waals surface area (Å²) in [6.07, 6.45) is 1.74. The Morgan fingerprint density at radius 2 is 1.89 bits per heavy atom. The third-order valence-electron chi connectivity index (χ3n) is 5.49. The number of ether oxygens (including phenoxy) is 3. The van der Waals surface area contributed by atoms with Crippen LogP contribution in [0.3, 0.4) is 0 Å². The summed E-state index contributed by atoms with van der Waals surface area (Å²) in [6.45, 7) is 5.98. The maximum Gasteiger partial charge on any atom is 0.338 e. The average Bonchev–Trinajstić information content (AvgIpc) is 3.14. The van der Waals surface area contributed by atoms with Crippen molar-refractivity contribution in [2.45, 2.75) is 26.8 Å². The van der Waals surface area contributed by atoms with Crippen LogP contribution in [0.1, 0.15) is 37.9 Å². The summed E-state index contributed by atoms with van der Waals surface area (Å²) in [6, 6.07) is 10.3. The molecule has 3 aromatic rings. The van der Waals surface area contributed by atoms with Crippen LogP contribution in [-0.4, -0.2) is 30.9 Å². The molecule has 2 aromatic carbocycles. The molecule has 0 N–H and O–H groups in total. The summed E-state index contributed by atoms with van der Waals surface area (Å²) in [5.41, 5.74) is 1.72. The van der Waals surface area contributed by atoms with Gasteiger partial charge in [-0.1, -0.05) is 29.5 Å². The van der Waals surface area contributed by atoms with Gasteiger partial charge in [-0.2, -0.15) is 0 Å². The molecule has 0 saturated carbocycles. The number of carbonyl (C=O) groups excluding carboxylic acids is 1. The van der Waals surface area contributed by atoms with E-state index in [1.165, 1.54) is 28.0 Å². The molecule has 0 spiro atoms. The second-order valence-corrected chi connectivity index (χ2v) is 8.71. The van der Waals surface area contributed by atoms with E-state index in [2.05, 4.69) is 4.99 Å². The van der Waals surface area contributed by atoms with Gasteiger partial charge in [0.15, 0.2) is 16.3 Å². The number of benzene rings is 2. The Labute approximate surface area is 205 Å². The predicted octanol–water partition coefficient (Wildman–Crippen LogP) is 3.34. The zero-order valence-electron chi connectivity index (χ0n) is 19.8. The third kappa shape index (κ3) is 4.77. The molecule has 0 unspecified atom stereocenters. The minimum atomic E-state index is -0.789. The van der Waals surface area contributed by atoms with Crippen LogP contribution in [0.5, 0.6) is 11.5 Å². The first-order valence-electron chi connectivity index (χ1n) is 11.1. The molecule has 0 amide bonds. The highest BCUT2D eigenvalue weighted by atomic mass is 32.1. The average molecular weight is 497 g/mol. The maximum atomic E-state index is 13.7. The molecule has 1 aromatic heterocycles. The predicted molar refractivity (Wildman–Crippen MR) is 131 cm³/mol. The minimum absolute atomic E-state index is 0.176. The highest BCUT2D eigenvalue weighted by molar-refractivity contribution is 7.07. The lowest BCUT2D eigenvalue weighted by Gasteiger charge is -2.24. The molecular formula is C26H25FN2O5S. The number of carbonyl (C=O) groups is 1.